The summed E-state index contributed by atoms with van der Waals surface area (Å²) in [4.78, 5) is 25.2. The van der Waals surface area contributed by atoms with Crippen molar-refractivity contribution in [2.45, 2.75) is 19.3 Å². The molecule has 0 unspecified atom stereocenters. The van der Waals surface area contributed by atoms with Crippen molar-refractivity contribution in [2.75, 3.05) is 11.9 Å². The van der Waals surface area contributed by atoms with Crippen molar-refractivity contribution < 1.29 is 4.79 Å². The second kappa shape index (κ2) is 6.04. The number of aromatic amines is 1. The minimum absolute atomic E-state index is 0.0993. The Kier molecular flexibility index (Phi) is 4.18. The molecule has 100 valence electrons. The molecule has 1 aromatic heterocycles. The highest BCUT2D eigenvalue weighted by Gasteiger charge is 2.01. The molecule has 0 aliphatic rings. The minimum atomic E-state index is -0.279. The van der Waals surface area contributed by atoms with E-state index in [2.05, 4.69) is 10.3 Å². The van der Waals surface area contributed by atoms with Crippen molar-refractivity contribution >= 4 is 22.5 Å². The molecular formula is C14H17N3O2. The van der Waals surface area contributed by atoms with Gasteiger partial charge >= 0.3 is 0 Å². The number of hydrogen-bond acceptors (Lipinski definition) is 3. The summed E-state index contributed by atoms with van der Waals surface area (Å²) in [7, 11) is 0. The number of amides is 1. The van der Waals surface area contributed by atoms with Gasteiger partial charge in [-0.2, -0.15) is 0 Å². The second-order valence-electron chi connectivity index (χ2n) is 4.45. The quantitative estimate of drug-likeness (QED) is 0.688. The molecule has 4 N–H and O–H groups in total. The Morgan fingerprint density at radius 1 is 1.26 bits per heavy atom. The van der Waals surface area contributed by atoms with Gasteiger partial charge in [0.2, 0.25) is 5.91 Å². The van der Waals surface area contributed by atoms with Crippen LogP contribution in [0.25, 0.3) is 10.8 Å². The predicted molar refractivity (Wildman–Crippen MR) is 76.1 cm³/mol. The van der Waals surface area contributed by atoms with E-state index in [0.717, 1.165) is 18.2 Å². The molecule has 0 saturated carbocycles. The highest BCUT2D eigenvalue weighted by molar-refractivity contribution is 5.83. The van der Waals surface area contributed by atoms with Crippen LogP contribution >= 0.6 is 0 Å². The number of anilines is 1. The molecular weight excluding hydrogens is 242 g/mol. The average Bonchev–Trinajstić information content (AvgIpc) is 2.38. The van der Waals surface area contributed by atoms with Crippen molar-refractivity contribution in [2.24, 2.45) is 5.73 Å². The number of nitrogens with one attached hydrogen (secondary N) is 2. The fraction of sp³-hybridized carbons (Fsp3) is 0.286. The maximum Gasteiger partial charge on any atom is 0.257 e. The Hall–Kier alpha value is -2.30. The molecule has 1 heterocycles. The molecule has 19 heavy (non-hydrogen) atoms. The molecule has 5 heteroatoms. The van der Waals surface area contributed by atoms with Crippen LogP contribution in [0.15, 0.2) is 35.1 Å². The molecule has 2 aromatic rings. The number of H-pyrrole nitrogens is 1. The van der Waals surface area contributed by atoms with Crippen molar-refractivity contribution in [3.05, 3.63) is 40.7 Å². The third-order valence-corrected chi connectivity index (χ3v) is 2.92. The van der Waals surface area contributed by atoms with Gasteiger partial charge in [-0.15, -0.1) is 0 Å². The van der Waals surface area contributed by atoms with Crippen molar-refractivity contribution in [3.8, 4) is 0 Å². The first kappa shape index (κ1) is 13.1. The van der Waals surface area contributed by atoms with Gasteiger partial charge in [-0.3, -0.25) is 9.59 Å². The summed E-state index contributed by atoms with van der Waals surface area (Å²) in [5.41, 5.74) is 4.96. The summed E-state index contributed by atoms with van der Waals surface area (Å²) in [5.74, 6) is 0.418. The largest absolute Gasteiger partial charge is 0.372 e. The lowest BCUT2D eigenvalue weighted by Crippen LogP contribution is -2.13. The van der Waals surface area contributed by atoms with Gasteiger partial charge in [0.15, 0.2) is 0 Å². The van der Waals surface area contributed by atoms with Crippen LogP contribution in [0.1, 0.15) is 19.3 Å². The third-order valence-electron chi connectivity index (χ3n) is 2.92. The normalized spacial score (nSPS) is 10.5. The van der Waals surface area contributed by atoms with E-state index in [-0.39, 0.29) is 11.5 Å². The van der Waals surface area contributed by atoms with Crippen LogP contribution in [0.3, 0.4) is 0 Å². The van der Waals surface area contributed by atoms with E-state index in [1.807, 2.05) is 24.3 Å². The highest BCUT2D eigenvalue weighted by Crippen LogP contribution is 2.12. The molecule has 0 aliphatic heterocycles. The number of fused-ring (bicyclic) bond motifs is 1. The van der Waals surface area contributed by atoms with Gasteiger partial charge in [-0.1, -0.05) is 18.2 Å². The topological polar surface area (TPSA) is 88.0 Å². The first-order chi connectivity index (χ1) is 9.16. The Bertz CT molecular complexity index is 634. The molecule has 0 bridgehead atoms. The summed E-state index contributed by atoms with van der Waals surface area (Å²) in [6.07, 6.45) is 1.98. The van der Waals surface area contributed by atoms with Gasteiger partial charge in [0, 0.05) is 18.4 Å². The maximum atomic E-state index is 11.8. The molecule has 0 aliphatic carbocycles. The number of primary amides is 1. The van der Waals surface area contributed by atoms with Crippen LogP contribution in [0.2, 0.25) is 0 Å². The van der Waals surface area contributed by atoms with Gasteiger partial charge < -0.3 is 16.0 Å². The van der Waals surface area contributed by atoms with Gasteiger partial charge in [0.1, 0.15) is 5.82 Å². The number of nitrogens with two attached hydrogens (primary N) is 1. The molecule has 0 spiro atoms. The fourth-order valence-electron chi connectivity index (χ4n) is 1.95. The zero-order valence-corrected chi connectivity index (χ0v) is 10.6. The SMILES string of the molecule is NC(=O)CCCCNc1cc2ccccc2c(=O)[nH]1. The molecule has 0 fully saturated rings. The number of aromatic nitrogens is 1. The van der Waals surface area contributed by atoms with E-state index in [0.29, 0.717) is 24.2 Å². The van der Waals surface area contributed by atoms with Crippen LogP contribution in [-0.4, -0.2) is 17.4 Å². The van der Waals surface area contributed by atoms with E-state index in [1.165, 1.54) is 0 Å². The molecule has 5 nitrogen and oxygen atoms in total. The number of hydrogen-bond donors (Lipinski definition) is 3. The smallest absolute Gasteiger partial charge is 0.257 e. The number of carbonyl (C=O) groups is 1. The van der Waals surface area contributed by atoms with E-state index < -0.39 is 0 Å². The summed E-state index contributed by atoms with van der Waals surface area (Å²) in [6.45, 7) is 0.696. The number of pyridine rings is 1. The maximum absolute atomic E-state index is 11.8. The Morgan fingerprint density at radius 2 is 2.05 bits per heavy atom. The first-order valence-electron chi connectivity index (χ1n) is 6.31. The van der Waals surface area contributed by atoms with Crippen molar-refractivity contribution in [3.63, 3.8) is 0 Å². The molecule has 0 radical (unpaired) electrons. The standard InChI is InChI=1S/C14H17N3O2/c15-12(18)7-3-4-8-16-13-9-10-5-1-2-6-11(10)14(19)17-13/h1-2,5-6,9H,3-4,7-8H2,(H2,15,18)(H2,16,17,19). The average molecular weight is 259 g/mol. The predicted octanol–water partition coefficient (Wildman–Crippen LogP) is 1.60. The van der Waals surface area contributed by atoms with E-state index >= 15 is 0 Å². The van der Waals surface area contributed by atoms with Crippen LogP contribution in [-0.2, 0) is 4.79 Å². The lowest BCUT2D eigenvalue weighted by Gasteiger charge is -2.07. The lowest BCUT2D eigenvalue weighted by molar-refractivity contribution is -0.118. The van der Waals surface area contributed by atoms with Crippen molar-refractivity contribution in [1.29, 1.82) is 0 Å². The zero-order valence-electron chi connectivity index (χ0n) is 10.6. The van der Waals surface area contributed by atoms with E-state index in [4.69, 9.17) is 5.73 Å². The van der Waals surface area contributed by atoms with Gasteiger partial charge in [-0.25, -0.2) is 0 Å². The fourth-order valence-corrected chi connectivity index (χ4v) is 1.95. The Labute approximate surface area is 110 Å². The van der Waals surface area contributed by atoms with E-state index in [9.17, 15) is 9.59 Å². The van der Waals surface area contributed by atoms with Crippen molar-refractivity contribution in [1.82, 2.24) is 4.98 Å². The summed E-state index contributed by atoms with van der Waals surface area (Å²) in [5, 5.41) is 4.73. The Morgan fingerprint density at radius 3 is 2.84 bits per heavy atom. The molecule has 1 aromatic carbocycles. The number of carbonyl (C=O) groups excluding carboxylic acids is 1. The monoisotopic (exact) mass is 259 g/mol. The zero-order chi connectivity index (χ0) is 13.7. The summed E-state index contributed by atoms with van der Waals surface area (Å²) >= 11 is 0. The molecule has 0 atom stereocenters. The lowest BCUT2D eigenvalue weighted by atomic mass is 10.2. The second-order valence-corrected chi connectivity index (χ2v) is 4.45. The van der Waals surface area contributed by atoms with Crippen LogP contribution in [0.5, 0.6) is 0 Å². The van der Waals surface area contributed by atoms with Gasteiger partial charge in [0.05, 0.1) is 0 Å². The Balaban J connectivity index is 1.98. The summed E-state index contributed by atoms with van der Waals surface area (Å²) < 4.78 is 0. The highest BCUT2D eigenvalue weighted by atomic mass is 16.1. The minimum Gasteiger partial charge on any atom is -0.372 e. The van der Waals surface area contributed by atoms with Crippen LogP contribution in [0, 0.1) is 0 Å². The van der Waals surface area contributed by atoms with E-state index in [1.54, 1.807) is 6.07 Å². The van der Waals surface area contributed by atoms with Gasteiger partial charge in [-0.05, 0) is 30.4 Å². The number of unbranched alkanes of at least 4 members (excludes halogenated alkanes) is 1. The van der Waals surface area contributed by atoms with Crippen LogP contribution in [0.4, 0.5) is 5.82 Å². The van der Waals surface area contributed by atoms with Gasteiger partial charge in [0.25, 0.3) is 5.56 Å². The molecule has 2 rings (SSSR count). The first-order valence-corrected chi connectivity index (χ1v) is 6.31. The van der Waals surface area contributed by atoms with Crippen LogP contribution < -0.4 is 16.6 Å². The molecule has 0 saturated heterocycles. The number of benzene rings is 1. The number of rotatable bonds is 6. The molecule has 1 amide bonds. The third kappa shape index (κ3) is 3.58. The summed E-state index contributed by atoms with van der Waals surface area (Å²) in [6, 6.07) is 9.35.